The van der Waals surface area contributed by atoms with Crippen LogP contribution in [0.2, 0.25) is 0 Å². The van der Waals surface area contributed by atoms with E-state index >= 15 is 0 Å². The summed E-state index contributed by atoms with van der Waals surface area (Å²) in [6.45, 7) is 4.34. The zero-order valence-corrected chi connectivity index (χ0v) is 8.24. The fourth-order valence-corrected chi connectivity index (χ4v) is 1.90. The van der Waals surface area contributed by atoms with Crippen LogP contribution in [0.15, 0.2) is 0 Å². The van der Waals surface area contributed by atoms with Crippen LogP contribution in [0.1, 0.15) is 32.5 Å². The summed E-state index contributed by atoms with van der Waals surface area (Å²) in [5.74, 6) is 1.08. The van der Waals surface area contributed by atoms with Crippen LogP contribution in [-0.4, -0.2) is 14.8 Å². The Morgan fingerprint density at radius 3 is 2.83 bits per heavy atom. The molecule has 2 rings (SSSR count). The van der Waals surface area contributed by atoms with Gasteiger partial charge in [-0.25, -0.2) is 0 Å². The SMILES string of the molecule is CCc1n[nH]c(=S)n1C1(C)CC1. The molecule has 0 saturated heterocycles. The van der Waals surface area contributed by atoms with Gasteiger partial charge in [0.2, 0.25) is 0 Å². The topological polar surface area (TPSA) is 33.6 Å². The van der Waals surface area contributed by atoms with Gasteiger partial charge in [0.05, 0.1) is 0 Å². The highest BCUT2D eigenvalue weighted by atomic mass is 32.1. The minimum Gasteiger partial charge on any atom is -0.298 e. The molecule has 1 aromatic heterocycles. The maximum atomic E-state index is 5.17. The van der Waals surface area contributed by atoms with Gasteiger partial charge >= 0.3 is 0 Å². The van der Waals surface area contributed by atoms with Crippen molar-refractivity contribution < 1.29 is 0 Å². The van der Waals surface area contributed by atoms with Crippen molar-refractivity contribution in [2.24, 2.45) is 0 Å². The van der Waals surface area contributed by atoms with Crippen LogP contribution in [0.4, 0.5) is 0 Å². The molecule has 0 aromatic carbocycles. The minimum absolute atomic E-state index is 0.273. The smallest absolute Gasteiger partial charge is 0.195 e. The van der Waals surface area contributed by atoms with E-state index in [9.17, 15) is 0 Å². The van der Waals surface area contributed by atoms with Crippen molar-refractivity contribution in [2.75, 3.05) is 0 Å². The van der Waals surface area contributed by atoms with Gasteiger partial charge in [-0.15, -0.1) is 0 Å². The quantitative estimate of drug-likeness (QED) is 0.712. The summed E-state index contributed by atoms with van der Waals surface area (Å²) < 4.78 is 2.94. The zero-order chi connectivity index (χ0) is 8.77. The van der Waals surface area contributed by atoms with Crippen molar-refractivity contribution in [2.45, 2.75) is 38.6 Å². The monoisotopic (exact) mass is 183 g/mol. The average Bonchev–Trinajstić information content (AvgIpc) is 2.64. The molecule has 1 aliphatic carbocycles. The summed E-state index contributed by atoms with van der Waals surface area (Å²) in [4.78, 5) is 0. The van der Waals surface area contributed by atoms with Crippen molar-refractivity contribution in [1.29, 1.82) is 0 Å². The predicted molar refractivity (Wildman–Crippen MR) is 49.7 cm³/mol. The van der Waals surface area contributed by atoms with Gasteiger partial charge < -0.3 is 0 Å². The molecule has 1 heterocycles. The first-order valence-electron chi connectivity index (χ1n) is 4.34. The fourth-order valence-electron chi connectivity index (χ4n) is 1.53. The molecular weight excluding hydrogens is 170 g/mol. The van der Waals surface area contributed by atoms with E-state index in [1.165, 1.54) is 12.8 Å². The average molecular weight is 183 g/mol. The molecule has 1 aromatic rings. The van der Waals surface area contributed by atoms with Crippen molar-refractivity contribution in [3.8, 4) is 0 Å². The van der Waals surface area contributed by atoms with E-state index < -0.39 is 0 Å². The number of rotatable bonds is 2. The summed E-state index contributed by atoms with van der Waals surface area (Å²) >= 11 is 5.17. The molecule has 12 heavy (non-hydrogen) atoms. The van der Waals surface area contributed by atoms with Crippen LogP contribution in [0.5, 0.6) is 0 Å². The van der Waals surface area contributed by atoms with Gasteiger partial charge in [0, 0.05) is 12.0 Å². The van der Waals surface area contributed by atoms with E-state index in [2.05, 4.69) is 28.6 Å². The second kappa shape index (κ2) is 2.42. The molecule has 1 N–H and O–H groups in total. The summed E-state index contributed by atoms with van der Waals surface area (Å²) in [5, 5.41) is 7.04. The third-order valence-electron chi connectivity index (χ3n) is 2.57. The molecule has 4 heteroatoms. The molecule has 0 atom stereocenters. The fraction of sp³-hybridized carbons (Fsp3) is 0.750. The Hall–Kier alpha value is -0.640. The van der Waals surface area contributed by atoms with Crippen molar-refractivity contribution in [3.05, 3.63) is 10.6 Å². The number of nitrogens with zero attached hydrogens (tertiary/aromatic N) is 2. The highest BCUT2D eigenvalue weighted by Gasteiger charge is 2.41. The lowest BCUT2D eigenvalue weighted by Gasteiger charge is -2.11. The van der Waals surface area contributed by atoms with Crippen molar-refractivity contribution in [1.82, 2.24) is 14.8 Å². The lowest BCUT2D eigenvalue weighted by atomic mass is 10.3. The zero-order valence-electron chi connectivity index (χ0n) is 7.42. The molecule has 0 unspecified atom stereocenters. The Morgan fingerprint density at radius 1 is 1.67 bits per heavy atom. The molecule has 1 saturated carbocycles. The first kappa shape index (κ1) is 7.98. The Bertz CT molecular complexity index is 345. The molecule has 1 aliphatic rings. The Labute approximate surface area is 76.8 Å². The Morgan fingerprint density at radius 2 is 2.33 bits per heavy atom. The van der Waals surface area contributed by atoms with Crippen LogP contribution in [0.3, 0.4) is 0 Å². The molecule has 1 fully saturated rings. The van der Waals surface area contributed by atoms with Crippen LogP contribution in [0, 0.1) is 4.77 Å². The third-order valence-corrected chi connectivity index (χ3v) is 2.85. The summed E-state index contributed by atoms with van der Waals surface area (Å²) in [5.41, 5.74) is 0.273. The van der Waals surface area contributed by atoms with Gasteiger partial charge in [-0.3, -0.25) is 9.67 Å². The number of H-pyrrole nitrogens is 1. The molecule has 0 amide bonds. The normalized spacial score (nSPS) is 19.5. The molecule has 0 aliphatic heterocycles. The standard InChI is InChI=1S/C8H13N3S/c1-3-6-9-10-7(12)11(6)8(2)4-5-8/h3-5H2,1-2H3,(H,10,12). The second-order valence-electron chi connectivity index (χ2n) is 3.63. The van der Waals surface area contributed by atoms with Gasteiger partial charge in [0.25, 0.3) is 0 Å². The van der Waals surface area contributed by atoms with E-state index in [4.69, 9.17) is 12.2 Å². The maximum absolute atomic E-state index is 5.17. The highest BCUT2D eigenvalue weighted by molar-refractivity contribution is 7.71. The first-order chi connectivity index (χ1) is 5.67. The largest absolute Gasteiger partial charge is 0.298 e. The first-order valence-corrected chi connectivity index (χ1v) is 4.75. The molecule has 3 nitrogen and oxygen atoms in total. The maximum Gasteiger partial charge on any atom is 0.195 e. The van der Waals surface area contributed by atoms with E-state index in [1.807, 2.05) is 0 Å². The second-order valence-corrected chi connectivity index (χ2v) is 4.02. The summed E-state index contributed by atoms with van der Waals surface area (Å²) in [6.07, 6.45) is 3.41. The van der Waals surface area contributed by atoms with Gasteiger partial charge in [0.1, 0.15) is 5.82 Å². The number of aryl methyl sites for hydroxylation is 1. The summed E-state index contributed by atoms with van der Waals surface area (Å²) in [7, 11) is 0. The summed E-state index contributed by atoms with van der Waals surface area (Å²) in [6, 6.07) is 0. The van der Waals surface area contributed by atoms with Crippen LogP contribution in [-0.2, 0) is 12.0 Å². The number of aromatic nitrogens is 3. The number of nitrogens with one attached hydrogen (secondary N) is 1. The number of hydrogen-bond donors (Lipinski definition) is 1. The molecule has 66 valence electrons. The van der Waals surface area contributed by atoms with E-state index in [0.29, 0.717) is 0 Å². The molecule has 0 radical (unpaired) electrons. The van der Waals surface area contributed by atoms with Gasteiger partial charge in [0.15, 0.2) is 4.77 Å². The van der Waals surface area contributed by atoms with Crippen LogP contribution < -0.4 is 0 Å². The van der Waals surface area contributed by atoms with Gasteiger partial charge in [-0.1, -0.05) is 6.92 Å². The highest BCUT2D eigenvalue weighted by Crippen LogP contribution is 2.43. The van der Waals surface area contributed by atoms with Crippen LogP contribution >= 0.6 is 12.2 Å². The van der Waals surface area contributed by atoms with Gasteiger partial charge in [-0.05, 0) is 32.0 Å². The Balaban J connectivity index is 2.53. The molecular formula is C8H13N3S. The Kier molecular flexibility index (Phi) is 1.61. The van der Waals surface area contributed by atoms with E-state index in [0.717, 1.165) is 17.0 Å². The van der Waals surface area contributed by atoms with Crippen molar-refractivity contribution in [3.63, 3.8) is 0 Å². The number of hydrogen-bond acceptors (Lipinski definition) is 2. The number of aromatic amines is 1. The third kappa shape index (κ3) is 1.02. The van der Waals surface area contributed by atoms with Crippen LogP contribution in [0.25, 0.3) is 0 Å². The molecule has 0 bridgehead atoms. The van der Waals surface area contributed by atoms with E-state index in [-0.39, 0.29) is 5.54 Å². The lowest BCUT2D eigenvalue weighted by Crippen LogP contribution is -2.15. The van der Waals surface area contributed by atoms with Crippen molar-refractivity contribution >= 4 is 12.2 Å². The lowest BCUT2D eigenvalue weighted by molar-refractivity contribution is 0.503. The predicted octanol–water partition coefficient (Wildman–Crippen LogP) is 2.01. The minimum atomic E-state index is 0.273. The molecule has 0 spiro atoms. The van der Waals surface area contributed by atoms with Gasteiger partial charge in [-0.2, -0.15) is 5.10 Å². The van der Waals surface area contributed by atoms with E-state index in [1.54, 1.807) is 0 Å².